The largest absolute Gasteiger partial charge is 0.484 e. The van der Waals surface area contributed by atoms with E-state index in [0.717, 1.165) is 51.0 Å². The number of likely N-dealkylation sites (tertiary alicyclic amines) is 1. The van der Waals surface area contributed by atoms with Crippen LogP contribution in [0.4, 0.5) is 13.2 Å². The standard InChI is InChI=1S/C20H30F3N5O2/c1-25-19(26-9-3-11-28-10-2-4-16(13-28)18(24)29)27-12-15-5-7-17(8-6-15)30-14-20(21,22)23/h5-8,16H,2-4,9-14H2,1H3,(H2,24,29)(H2,25,26,27). The average Bonchev–Trinajstić information content (AvgIpc) is 2.72. The van der Waals surface area contributed by atoms with Crippen LogP contribution in [0.2, 0.25) is 0 Å². The van der Waals surface area contributed by atoms with Crippen molar-refractivity contribution in [3.8, 4) is 5.75 Å². The highest BCUT2D eigenvalue weighted by Gasteiger charge is 2.28. The summed E-state index contributed by atoms with van der Waals surface area (Å²) >= 11 is 0. The van der Waals surface area contributed by atoms with E-state index in [4.69, 9.17) is 10.5 Å². The first kappa shape index (κ1) is 23.8. The number of nitrogens with two attached hydrogens (primary N) is 1. The third-order valence-electron chi connectivity index (χ3n) is 4.86. The minimum atomic E-state index is -4.35. The van der Waals surface area contributed by atoms with Crippen LogP contribution in [-0.4, -0.2) is 62.8 Å². The lowest BCUT2D eigenvalue weighted by Crippen LogP contribution is -2.42. The third-order valence-corrected chi connectivity index (χ3v) is 4.86. The Labute approximate surface area is 174 Å². The summed E-state index contributed by atoms with van der Waals surface area (Å²) in [7, 11) is 1.67. The molecule has 0 bridgehead atoms. The van der Waals surface area contributed by atoms with E-state index in [9.17, 15) is 18.0 Å². The molecule has 1 atom stereocenters. The molecule has 0 spiro atoms. The second-order valence-corrected chi connectivity index (χ2v) is 7.30. The van der Waals surface area contributed by atoms with Crippen molar-refractivity contribution in [2.45, 2.75) is 32.0 Å². The van der Waals surface area contributed by atoms with Crippen LogP contribution in [0.15, 0.2) is 29.3 Å². The van der Waals surface area contributed by atoms with Crippen molar-refractivity contribution in [3.63, 3.8) is 0 Å². The predicted octanol–water partition coefficient (Wildman–Crippen LogP) is 1.88. The highest BCUT2D eigenvalue weighted by Crippen LogP contribution is 2.19. The van der Waals surface area contributed by atoms with Gasteiger partial charge in [0.15, 0.2) is 12.6 Å². The number of rotatable bonds is 9. The molecule has 1 unspecified atom stereocenters. The van der Waals surface area contributed by atoms with Gasteiger partial charge in [0, 0.05) is 26.7 Å². The van der Waals surface area contributed by atoms with E-state index in [1.807, 2.05) is 0 Å². The molecule has 1 aliphatic rings. The lowest BCUT2D eigenvalue weighted by atomic mass is 9.97. The van der Waals surface area contributed by atoms with Crippen molar-refractivity contribution in [2.24, 2.45) is 16.6 Å². The molecule has 30 heavy (non-hydrogen) atoms. The van der Waals surface area contributed by atoms with Gasteiger partial charge >= 0.3 is 6.18 Å². The van der Waals surface area contributed by atoms with Gasteiger partial charge in [0.1, 0.15) is 5.75 Å². The maximum absolute atomic E-state index is 12.2. The number of amides is 1. The van der Waals surface area contributed by atoms with Crippen molar-refractivity contribution >= 4 is 11.9 Å². The molecule has 0 aliphatic carbocycles. The van der Waals surface area contributed by atoms with Crippen LogP contribution < -0.4 is 21.1 Å². The molecule has 168 valence electrons. The number of carbonyl (C=O) groups excluding carboxylic acids is 1. The zero-order chi connectivity index (χ0) is 22.0. The quantitative estimate of drug-likeness (QED) is 0.317. The molecule has 1 aromatic carbocycles. The molecular formula is C20H30F3N5O2. The number of guanidine groups is 1. The lowest BCUT2D eigenvalue weighted by Gasteiger charge is -2.31. The maximum atomic E-state index is 12.2. The lowest BCUT2D eigenvalue weighted by molar-refractivity contribution is -0.153. The Morgan fingerprint density at radius 3 is 2.67 bits per heavy atom. The zero-order valence-corrected chi connectivity index (χ0v) is 17.2. The summed E-state index contributed by atoms with van der Waals surface area (Å²) in [5, 5.41) is 6.40. The Bertz CT molecular complexity index is 695. The number of alkyl halides is 3. The van der Waals surface area contributed by atoms with Gasteiger partial charge in [-0.15, -0.1) is 0 Å². The predicted molar refractivity (Wildman–Crippen MR) is 109 cm³/mol. The third kappa shape index (κ3) is 8.89. The van der Waals surface area contributed by atoms with Crippen LogP contribution in [0.5, 0.6) is 5.75 Å². The summed E-state index contributed by atoms with van der Waals surface area (Å²) in [4.78, 5) is 17.8. The van der Waals surface area contributed by atoms with Gasteiger partial charge in [-0.2, -0.15) is 13.2 Å². The number of halogens is 3. The van der Waals surface area contributed by atoms with Gasteiger partial charge in [0.2, 0.25) is 5.91 Å². The number of nitrogens with one attached hydrogen (secondary N) is 2. The Morgan fingerprint density at radius 2 is 2.03 bits per heavy atom. The molecule has 1 fully saturated rings. The average molecular weight is 429 g/mol. The highest BCUT2D eigenvalue weighted by atomic mass is 19.4. The monoisotopic (exact) mass is 429 g/mol. The summed E-state index contributed by atoms with van der Waals surface area (Å²) in [5.74, 6) is 0.546. The fourth-order valence-corrected chi connectivity index (χ4v) is 3.28. The number of hydrogen-bond donors (Lipinski definition) is 3. The molecule has 1 saturated heterocycles. The van der Waals surface area contributed by atoms with Gasteiger partial charge in [0.25, 0.3) is 0 Å². The number of aliphatic imine (C=N–C) groups is 1. The van der Waals surface area contributed by atoms with Crippen molar-refractivity contribution in [3.05, 3.63) is 29.8 Å². The minimum absolute atomic E-state index is 0.0496. The van der Waals surface area contributed by atoms with Crippen LogP contribution in [0.3, 0.4) is 0 Å². The highest BCUT2D eigenvalue weighted by molar-refractivity contribution is 5.79. The number of hydrogen-bond acceptors (Lipinski definition) is 4. The van der Waals surface area contributed by atoms with E-state index in [0.29, 0.717) is 12.5 Å². The smallest absolute Gasteiger partial charge is 0.422 e. The van der Waals surface area contributed by atoms with Crippen LogP contribution in [-0.2, 0) is 11.3 Å². The first-order chi connectivity index (χ1) is 14.3. The summed E-state index contributed by atoms with van der Waals surface area (Å²) in [5.41, 5.74) is 6.30. The number of piperidine rings is 1. The normalized spacial score (nSPS) is 18.1. The SMILES string of the molecule is CN=C(NCCCN1CCCC(C(N)=O)C1)NCc1ccc(OCC(F)(F)F)cc1. The maximum Gasteiger partial charge on any atom is 0.422 e. The second kappa shape index (κ2) is 11.6. The van der Waals surface area contributed by atoms with Crippen LogP contribution in [0.1, 0.15) is 24.8 Å². The van der Waals surface area contributed by atoms with Gasteiger partial charge in [-0.25, -0.2) is 0 Å². The Kier molecular flexibility index (Phi) is 9.22. The van der Waals surface area contributed by atoms with E-state index < -0.39 is 12.8 Å². The molecule has 0 saturated carbocycles. The van der Waals surface area contributed by atoms with E-state index in [2.05, 4.69) is 20.5 Å². The molecule has 0 aromatic heterocycles. The van der Waals surface area contributed by atoms with E-state index in [1.165, 1.54) is 12.1 Å². The molecule has 1 amide bonds. The summed E-state index contributed by atoms with van der Waals surface area (Å²) < 4.78 is 41.2. The minimum Gasteiger partial charge on any atom is -0.484 e. The molecule has 7 nitrogen and oxygen atoms in total. The molecule has 0 radical (unpaired) electrons. The molecule has 10 heteroatoms. The molecule has 2 rings (SSSR count). The summed E-state index contributed by atoms with van der Waals surface area (Å²) in [6.07, 6.45) is -1.59. The molecule has 1 aliphatic heterocycles. The number of benzene rings is 1. The summed E-state index contributed by atoms with van der Waals surface area (Å²) in [6, 6.07) is 6.43. The summed E-state index contributed by atoms with van der Waals surface area (Å²) in [6.45, 7) is 2.49. The number of ether oxygens (including phenoxy) is 1. The van der Waals surface area contributed by atoms with Gasteiger partial charge in [-0.1, -0.05) is 12.1 Å². The zero-order valence-electron chi connectivity index (χ0n) is 17.2. The van der Waals surface area contributed by atoms with Crippen molar-refractivity contribution in [1.29, 1.82) is 0 Å². The fourth-order valence-electron chi connectivity index (χ4n) is 3.28. The first-order valence-electron chi connectivity index (χ1n) is 10.0. The van der Waals surface area contributed by atoms with Crippen molar-refractivity contribution in [2.75, 3.05) is 39.8 Å². The van der Waals surface area contributed by atoms with E-state index in [1.54, 1.807) is 19.2 Å². The number of nitrogens with zero attached hydrogens (tertiary/aromatic N) is 2. The van der Waals surface area contributed by atoms with Gasteiger partial charge in [-0.05, 0) is 50.0 Å². The Balaban J connectivity index is 1.65. The van der Waals surface area contributed by atoms with E-state index >= 15 is 0 Å². The Morgan fingerprint density at radius 1 is 1.30 bits per heavy atom. The van der Waals surface area contributed by atoms with Gasteiger partial charge in [-0.3, -0.25) is 9.79 Å². The fraction of sp³-hybridized carbons (Fsp3) is 0.600. The number of carbonyl (C=O) groups is 1. The molecule has 1 heterocycles. The molecule has 4 N–H and O–H groups in total. The van der Waals surface area contributed by atoms with Crippen LogP contribution >= 0.6 is 0 Å². The molecular weight excluding hydrogens is 399 g/mol. The Hall–Kier alpha value is -2.49. The molecule has 1 aromatic rings. The van der Waals surface area contributed by atoms with Crippen molar-refractivity contribution in [1.82, 2.24) is 15.5 Å². The van der Waals surface area contributed by atoms with Gasteiger partial charge < -0.3 is 26.0 Å². The van der Waals surface area contributed by atoms with Crippen molar-refractivity contribution < 1.29 is 22.7 Å². The van der Waals surface area contributed by atoms with Crippen LogP contribution in [0, 0.1) is 5.92 Å². The van der Waals surface area contributed by atoms with Gasteiger partial charge in [0.05, 0.1) is 5.92 Å². The second-order valence-electron chi connectivity index (χ2n) is 7.30. The topological polar surface area (TPSA) is 92.0 Å². The van der Waals surface area contributed by atoms with Crippen LogP contribution in [0.25, 0.3) is 0 Å². The first-order valence-corrected chi connectivity index (χ1v) is 10.0. The van der Waals surface area contributed by atoms with E-state index in [-0.39, 0.29) is 17.6 Å². The number of primary amides is 1.